The molecule has 2 aromatic carbocycles. The largest absolute Gasteiger partial charge is 0.495 e. The van der Waals surface area contributed by atoms with Crippen LogP contribution >= 0.6 is 0 Å². The maximum atomic E-state index is 9.29. The lowest BCUT2D eigenvalue weighted by Gasteiger charge is -2.39. The third kappa shape index (κ3) is 5.14. The molecule has 1 atom stereocenters. The van der Waals surface area contributed by atoms with E-state index in [1.165, 1.54) is 29.5 Å². The van der Waals surface area contributed by atoms with E-state index in [0.29, 0.717) is 12.0 Å². The van der Waals surface area contributed by atoms with Crippen molar-refractivity contribution in [1.29, 1.82) is 0 Å². The van der Waals surface area contributed by atoms with Gasteiger partial charge in [0.05, 0.1) is 43.4 Å². The molecular weight excluding hydrogens is 516 g/mol. The van der Waals surface area contributed by atoms with Crippen molar-refractivity contribution in [2.24, 2.45) is 0 Å². The molecule has 4 heterocycles. The van der Waals surface area contributed by atoms with E-state index in [9.17, 15) is 5.11 Å². The number of methoxy groups -OCH3 is 1. The quantitative estimate of drug-likeness (QED) is 0.332. The van der Waals surface area contributed by atoms with Crippen LogP contribution in [0.1, 0.15) is 29.5 Å². The maximum Gasteiger partial charge on any atom is 0.245 e. The van der Waals surface area contributed by atoms with Crippen LogP contribution < -0.4 is 14.8 Å². The van der Waals surface area contributed by atoms with Crippen LogP contribution in [0.15, 0.2) is 48.7 Å². The van der Waals surface area contributed by atoms with Gasteiger partial charge in [-0.3, -0.25) is 9.80 Å². The first-order valence-electron chi connectivity index (χ1n) is 14.8. The first-order chi connectivity index (χ1) is 20.2. The molecule has 7 rings (SSSR count). The number of piperazine rings is 1. The molecule has 0 bridgehead atoms. The topological polar surface area (TPSA) is 87.4 Å². The SMILES string of the molecule is COc1cc2c(cc1Nc1ncc3ccc(-c4cccc5c4OCC5)n3n1)CCCC(N1CCN(CCO)CC1)C2. The van der Waals surface area contributed by atoms with Crippen LogP contribution in [0, 0.1) is 0 Å². The van der Waals surface area contributed by atoms with Gasteiger partial charge in [0.25, 0.3) is 0 Å². The molecule has 1 saturated heterocycles. The summed E-state index contributed by atoms with van der Waals surface area (Å²) < 4.78 is 13.8. The average molecular weight is 555 g/mol. The summed E-state index contributed by atoms with van der Waals surface area (Å²) in [4.78, 5) is 9.63. The Balaban J connectivity index is 1.14. The molecule has 0 spiro atoms. The van der Waals surface area contributed by atoms with Crippen molar-refractivity contribution < 1.29 is 14.6 Å². The summed E-state index contributed by atoms with van der Waals surface area (Å²) >= 11 is 0. The van der Waals surface area contributed by atoms with Crippen LogP contribution in [-0.4, -0.2) is 88.6 Å². The molecule has 0 amide bonds. The first kappa shape index (κ1) is 26.3. The highest BCUT2D eigenvalue weighted by molar-refractivity contribution is 5.74. The highest BCUT2D eigenvalue weighted by Crippen LogP contribution is 2.38. The number of hydrogen-bond donors (Lipinski definition) is 2. The van der Waals surface area contributed by atoms with E-state index in [0.717, 1.165) is 92.6 Å². The number of benzene rings is 2. The van der Waals surface area contributed by atoms with Gasteiger partial charge in [-0.1, -0.05) is 12.1 Å². The second-order valence-electron chi connectivity index (χ2n) is 11.3. The van der Waals surface area contributed by atoms with Crippen LogP contribution in [0.4, 0.5) is 11.6 Å². The van der Waals surface area contributed by atoms with E-state index in [4.69, 9.17) is 14.6 Å². The van der Waals surface area contributed by atoms with Crippen molar-refractivity contribution in [3.63, 3.8) is 0 Å². The van der Waals surface area contributed by atoms with E-state index in [-0.39, 0.29) is 6.61 Å². The highest BCUT2D eigenvalue weighted by atomic mass is 16.5. The molecule has 0 radical (unpaired) electrons. The second-order valence-corrected chi connectivity index (χ2v) is 11.3. The van der Waals surface area contributed by atoms with E-state index < -0.39 is 0 Å². The van der Waals surface area contributed by atoms with Gasteiger partial charge in [0.2, 0.25) is 5.95 Å². The zero-order valence-corrected chi connectivity index (χ0v) is 23.7. The van der Waals surface area contributed by atoms with Crippen LogP contribution in [0.3, 0.4) is 0 Å². The fourth-order valence-electron chi connectivity index (χ4n) is 6.75. The van der Waals surface area contributed by atoms with Crippen molar-refractivity contribution in [2.75, 3.05) is 58.4 Å². The lowest BCUT2D eigenvalue weighted by atomic mass is 9.99. The Morgan fingerprint density at radius 1 is 1.05 bits per heavy atom. The minimum absolute atomic E-state index is 0.238. The van der Waals surface area contributed by atoms with E-state index in [1.807, 2.05) is 16.8 Å². The summed E-state index contributed by atoms with van der Waals surface area (Å²) in [5.74, 6) is 2.29. The van der Waals surface area contributed by atoms with Crippen molar-refractivity contribution in [3.8, 4) is 22.8 Å². The number of anilines is 2. The molecule has 2 aromatic heterocycles. The number of aromatic nitrogens is 3. The summed E-state index contributed by atoms with van der Waals surface area (Å²) in [7, 11) is 1.73. The predicted octanol–water partition coefficient (Wildman–Crippen LogP) is 3.94. The fraction of sp³-hybridized carbons (Fsp3) is 0.438. The Bertz CT molecular complexity index is 1540. The minimum Gasteiger partial charge on any atom is -0.495 e. The molecule has 2 aliphatic heterocycles. The van der Waals surface area contributed by atoms with Crippen molar-refractivity contribution >= 4 is 17.2 Å². The van der Waals surface area contributed by atoms with Gasteiger partial charge in [-0.2, -0.15) is 0 Å². The van der Waals surface area contributed by atoms with Crippen LogP contribution in [0.5, 0.6) is 11.5 Å². The fourth-order valence-corrected chi connectivity index (χ4v) is 6.75. The Hall–Kier alpha value is -3.66. The molecule has 3 aliphatic rings. The summed E-state index contributed by atoms with van der Waals surface area (Å²) in [6, 6.07) is 15.4. The number of aliphatic hydroxyl groups is 1. The third-order valence-electron chi connectivity index (χ3n) is 8.94. The lowest BCUT2D eigenvalue weighted by Crippen LogP contribution is -2.51. The van der Waals surface area contributed by atoms with Gasteiger partial charge in [0.1, 0.15) is 11.5 Å². The number of nitrogens with one attached hydrogen (secondary N) is 1. The smallest absolute Gasteiger partial charge is 0.245 e. The van der Waals surface area contributed by atoms with Crippen LogP contribution in [-0.2, 0) is 19.3 Å². The van der Waals surface area contributed by atoms with Crippen LogP contribution in [0.25, 0.3) is 16.8 Å². The Morgan fingerprint density at radius 2 is 1.95 bits per heavy atom. The maximum absolute atomic E-state index is 9.29. The van der Waals surface area contributed by atoms with Crippen molar-refractivity contribution in [2.45, 2.75) is 38.1 Å². The van der Waals surface area contributed by atoms with Gasteiger partial charge in [0, 0.05) is 50.7 Å². The molecule has 9 heteroatoms. The Kier molecular flexibility index (Phi) is 7.24. The minimum atomic E-state index is 0.238. The summed E-state index contributed by atoms with van der Waals surface area (Å²) in [6.07, 6.45) is 7.24. The number of hydrogen-bond acceptors (Lipinski definition) is 8. The van der Waals surface area contributed by atoms with Gasteiger partial charge in [-0.25, -0.2) is 9.50 Å². The molecule has 1 fully saturated rings. The number of nitrogens with zero attached hydrogens (tertiary/aromatic N) is 5. The molecule has 2 N–H and O–H groups in total. The van der Waals surface area contributed by atoms with Gasteiger partial charge >= 0.3 is 0 Å². The monoisotopic (exact) mass is 554 g/mol. The van der Waals surface area contributed by atoms with E-state index in [2.05, 4.69) is 56.5 Å². The number of ether oxygens (including phenoxy) is 2. The zero-order valence-electron chi connectivity index (χ0n) is 23.7. The second kappa shape index (κ2) is 11.3. The van der Waals surface area contributed by atoms with Gasteiger partial charge < -0.3 is 19.9 Å². The van der Waals surface area contributed by atoms with E-state index >= 15 is 0 Å². The summed E-state index contributed by atoms with van der Waals surface area (Å²) in [6.45, 7) is 5.93. The van der Waals surface area contributed by atoms with Gasteiger partial charge in [-0.15, -0.1) is 5.10 Å². The third-order valence-corrected chi connectivity index (χ3v) is 8.94. The molecule has 41 heavy (non-hydrogen) atoms. The first-order valence-corrected chi connectivity index (χ1v) is 14.8. The Labute approximate surface area is 240 Å². The Morgan fingerprint density at radius 3 is 2.80 bits per heavy atom. The molecule has 214 valence electrons. The number of para-hydroxylation sites is 1. The average Bonchev–Trinajstić information content (AvgIpc) is 3.60. The number of fused-ring (bicyclic) bond motifs is 3. The standard InChI is InChI=1S/C32H38N6O3/c1-40-30-20-24-18-25(37-13-11-36(12-14-37)15-16-39)6-2-5-23(24)19-28(30)34-32-33-21-26-8-9-29(38(26)35-32)27-7-3-4-22-10-17-41-31(22)27/h3-4,7-9,19-21,25,39H,2,5-6,10-18H2,1H3,(H,34,35). The number of aryl methyl sites for hydroxylation is 1. The summed E-state index contributed by atoms with van der Waals surface area (Å²) in [5.41, 5.74) is 7.84. The lowest BCUT2D eigenvalue weighted by molar-refractivity contribution is 0.0805. The molecule has 1 aliphatic carbocycles. The van der Waals surface area contributed by atoms with Crippen molar-refractivity contribution in [1.82, 2.24) is 24.4 Å². The number of β-amino-alcohol motifs (C(OH)–C–C–N with tert-alkyl or cyclic N) is 1. The molecule has 4 aromatic rings. The molecule has 9 nitrogen and oxygen atoms in total. The van der Waals surface area contributed by atoms with Gasteiger partial charge in [0.15, 0.2) is 0 Å². The van der Waals surface area contributed by atoms with Crippen molar-refractivity contribution in [3.05, 3.63) is 65.4 Å². The number of aliphatic hydroxyl groups excluding tert-OH is 1. The molecular formula is C32H38N6O3. The summed E-state index contributed by atoms with van der Waals surface area (Å²) in [5, 5.41) is 17.6. The predicted molar refractivity (Wildman–Crippen MR) is 159 cm³/mol. The highest BCUT2D eigenvalue weighted by Gasteiger charge is 2.27. The van der Waals surface area contributed by atoms with Crippen LogP contribution in [0.2, 0.25) is 0 Å². The normalized spacial score (nSPS) is 19.4. The van der Waals surface area contributed by atoms with E-state index in [1.54, 1.807) is 7.11 Å². The number of rotatable bonds is 7. The zero-order chi connectivity index (χ0) is 27.8. The molecule has 0 saturated carbocycles. The molecule has 1 unspecified atom stereocenters. The van der Waals surface area contributed by atoms with Gasteiger partial charge in [-0.05, 0) is 72.7 Å².